The summed E-state index contributed by atoms with van der Waals surface area (Å²) in [6.07, 6.45) is -0.713. The van der Waals surface area contributed by atoms with Crippen LogP contribution in [0.25, 0.3) is 0 Å². The van der Waals surface area contributed by atoms with Crippen LogP contribution in [0.5, 0.6) is 0 Å². The summed E-state index contributed by atoms with van der Waals surface area (Å²) in [7, 11) is 0. The Kier molecular flexibility index (Phi) is 4.89. The summed E-state index contributed by atoms with van der Waals surface area (Å²) in [6, 6.07) is 0. The van der Waals surface area contributed by atoms with E-state index in [2.05, 4.69) is 14.7 Å². The van der Waals surface area contributed by atoms with Gasteiger partial charge in [-0.05, 0) is 13.8 Å². The Balaban J connectivity index is 2.86. The molecule has 1 unspecified atom stereocenters. The fourth-order valence-electron chi connectivity index (χ4n) is 0.181. The van der Waals surface area contributed by atoms with Gasteiger partial charge in [-0.3, -0.25) is 0 Å². The van der Waals surface area contributed by atoms with Crippen molar-refractivity contribution < 1.29 is 19.9 Å². The SMILES string of the molecule is CCOOC(C)OO. The molecule has 0 saturated heterocycles. The molecule has 8 heavy (non-hydrogen) atoms. The number of hydrogen-bond donors (Lipinski definition) is 1. The van der Waals surface area contributed by atoms with Crippen LogP contribution in [0.4, 0.5) is 0 Å². The zero-order chi connectivity index (χ0) is 6.41. The van der Waals surface area contributed by atoms with Crippen molar-refractivity contribution in [1.29, 1.82) is 0 Å². The van der Waals surface area contributed by atoms with E-state index in [0.29, 0.717) is 6.61 Å². The topological polar surface area (TPSA) is 47.9 Å². The Bertz CT molecular complexity index is 47.3. The monoisotopic (exact) mass is 122 g/mol. The maximum Gasteiger partial charge on any atom is 0.221 e. The molecule has 0 aliphatic carbocycles. The second kappa shape index (κ2) is 4.99. The van der Waals surface area contributed by atoms with Crippen LogP contribution in [0.1, 0.15) is 13.8 Å². The van der Waals surface area contributed by atoms with Gasteiger partial charge in [0.05, 0.1) is 6.61 Å². The lowest BCUT2D eigenvalue weighted by Crippen LogP contribution is -2.10. The van der Waals surface area contributed by atoms with E-state index in [1.54, 1.807) is 6.92 Å². The van der Waals surface area contributed by atoms with Crippen LogP contribution in [0, 0.1) is 0 Å². The second-order valence-electron chi connectivity index (χ2n) is 1.18. The molecule has 0 bridgehead atoms. The molecule has 0 spiro atoms. The lowest BCUT2D eigenvalue weighted by Gasteiger charge is -2.04. The first kappa shape index (κ1) is 7.84. The molecular formula is C4H10O4. The summed E-state index contributed by atoms with van der Waals surface area (Å²) in [4.78, 5) is 12.5. The van der Waals surface area contributed by atoms with Gasteiger partial charge in [-0.15, -0.1) is 0 Å². The summed E-state index contributed by atoms with van der Waals surface area (Å²) in [5, 5.41) is 7.86. The predicted octanol–water partition coefficient (Wildman–Crippen LogP) is 0.790. The highest BCUT2D eigenvalue weighted by Gasteiger charge is 1.98. The van der Waals surface area contributed by atoms with Gasteiger partial charge in [0.2, 0.25) is 6.29 Å². The maximum absolute atomic E-state index is 7.86. The van der Waals surface area contributed by atoms with E-state index in [1.807, 2.05) is 0 Å². The number of hydrogen-bond acceptors (Lipinski definition) is 4. The van der Waals surface area contributed by atoms with Crippen molar-refractivity contribution in [2.45, 2.75) is 20.1 Å². The minimum absolute atomic E-state index is 0.438. The average Bonchev–Trinajstić information content (AvgIpc) is 1.83. The van der Waals surface area contributed by atoms with Gasteiger partial charge < -0.3 is 0 Å². The van der Waals surface area contributed by atoms with Gasteiger partial charge in [0.25, 0.3) is 0 Å². The highest BCUT2D eigenvalue weighted by molar-refractivity contribution is 4.13. The van der Waals surface area contributed by atoms with Crippen LogP contribution in [0.3, 0.4) is 0 Å². The third-order valence-corrected chi connectivity index (χ3v) is 0.470. The van der Waals surface area contributed by atoms with Gasteiger partial charge in [0, 0.05) is 0 Å². The van der Waals surface area contributed by atoms with E-state index in [-0.39, 0.29) is 0 Å². The summed E-state index contributed by atoms with van der Waals surface area (Å²) < 4.78 is 0. The summed E-state index contributed by atoms with van der Waals surface area (Å²) in [6.45, 7) is 3.72. The molecule has 1 atom stereocenters. The Morgan fingerprint density at radius 3 is 2.62 bits per heavy atom. The highest BCUT2D eigenvalue weighted by Crippen LogP contribution is 1.89. The Morgan fingerprint density at radius 2 is 2.25 bits per heavy atom. The summed E-state index contributed by atoms with van der Waals surface area (Å²) >= 11 is 0. The molecule has 0 saturated carbocycles. The molecule has 0 amide bonds. The van der Waals surface area contributed by atoms with Crippen molar-refractivity contribution in [2.75, 3.05) is 6.61 Å². The Labute approximate surface area is 47.8 Å². The van der Waals surface area contributed by atoms with Crippen LogP contribution in [-0.2, 0) is 14.7 Å². The molecule has 0 radical (unpaired) electrons. The summed E-state index contributed by atoms with van der Waals surface area (Å²) in [5.74, 6) is 0. The lowest BCUT2D eigenvalue weighted by molar-refractivity contribution is -0.441. The van der Waals surface area contributed by atoms with E-state index in [0.717, 1.165) is 0 Å². The van der Waals surface area contributed by atoms with Crippen LogP contribution in [-0.4, -0.2) is 18.2 Å². The lowest BCUT2D eigenvalue weighted by atomic mass is 10.8. The van der Waals surface area contributed by atoms with E-state index in [4.69, 9.17) is 5.26 Å². The van der Waals surface area contributed by atoms with Crippen molar-refractivity contribution >= 4 is 0 Å². The quantitative estimate of drug-likeness (QED) is 0.340. The third kappa shape index (κ3) is 4.01. The molecule has 50 valence electrons. The van der Waals surface area contributed by atoms with Gasteiger partial charge in [-0.25, -0.2) is 19.9 Å². The normalized spacial score (nSPS) is 13.9. The summed E-state index contributed by atoms with van der Waals surface area (Å²) in [5.41, 5.74) is 0. The maximum atomic E-state index is 7.86. The molecule has 4 heteroatoms. The van der Waals surface area contributed by atoms with Gasteiger partial charge in [-0.1, -0.05) is 0 Å². The smallest absolute Gasteiger partial charge is 0.221 e. The molecule has 1 N–H and O–H groups in total. The molecule has 0 rings (SSSR count). The molecule has 0 heterocycles. The molecule has 0 aromatic rings. The molecule has 0 fully saturated rings. The highest BCUT2D eigenvalue weighted by atomic mass is 17.3. The fraction of sp³-hybridized carbons (Fsp3) is 1.00. The van der Waals surface area contributed by atoms with E-state index < -0.39 is 6.29 Å². The molecule has 0 aromatic carbocycles. The van der Waals surface area contributed by atoms with Gasteiger partial charge in [0.15, 0.2) is 0 Å². The zero-order valence-electron chi connectivity index (χ0n) is 4.96. The standard InChI is InChI=1S/C4H10O4/c1-3-6-8-4(2)7-5/h4-5H,3H2,1-2H3. The predicted molar refractivity (Wildman–Crippen MR) is 25.9 cm³/mol. The second-order valence-corrected chi connectivity index (χ2v) is 1.18. The molecule has 0 aliphatic rings. The van der Waals surface area contributed by atoms with Crippen LogP contribution in [0.2, 0.25) is 0 Å². The Hall–Kier alpha value is -0.160. The van der Waals surface area contributed by atoms with Crippen LogP contribution < -0.4 is 0 Å². The van der Waals surface area contributed by atoms with Crippen molar-refractivity contribution in [3.63, 3.8) is 0 Å². The van der Waals surface area contributed by atoms with Gasteiger partial charge >= 0.3 is 0 Å². The minimum Gasteiger partial charge on any atom is -0.249 e. The Morgan fingerprint density at radius 1 is 1.62 bits per heavy atom. The van der Waals surface area contributed by atoms with Crippen molar-refractivity contribution in [3.05, 3.63) is 0 Å². The first-order valence-corrected chi connectivity index (χ1v) is 2.39. The van der Waals surface area contributed by atoms with Gasteiger partial charge in [0.1, 0.15) is 0 Å². The van der Waals surface area contributed by atoms with Crippen LogP contribution >= 0.6 is 0 Å². The van der Waals surface area contributed by atoms with Crippen molar-refractivity contribution in [3.8, 4) is 0 Å². The molecule has 0 aliphatic heterocycles. The molecule has 0 aromatic heterocycles. The van der Waals surface area contributed by atoms with Crippen molar-refractivity contribution in [2.24, 2.45) is 0 Å². The van der Waals surface area contributed by atoms with Crippen molar-refractivity contribution in [1.82, 2.24) is 0 Å². The average molecular weight is 122 g/mol. The first-order valence-electron chi connectivity index (χ1n) is 2.39. The third-order valence-electron chi connectivity index (χ3n) is 0.470. The van der Waals surface area contributed by atoms with E-state index in [1.165, 1.54) is 6.92 Å². The van der Waals surface area contributed by atoms with E-state index >= 15 is 0 Å². The number of rotatable bonds is 4. The van der Waals surface area contributed by atoms with E-state index in [9.17, 15) is 0 Å². The van der Waals surface area contributed by atoms with Gasteiger partial charge in [-0.2, -0.15) is 0 Å². The first-order chi connectivity index (χ1) is 3.81. The molecule has 4 nitrogen and oxygen atoms in total. The largest absolute Gasteiger partial charge is 0.249 e. The fourth-order valence-corrected chi connectivity index (χ4v) is 0.181. The zero-order valence-corrected chi connectivity index (χ0v) is 4.96. The molecular weight excluding hydrogens is 112 g/mol. The van der Waals surface area contributed by atoms with Crippen LogP contribution in [0.15, 0.2) is 0 Å². The minimum atomic E-state index is -0.713.